The molecule has 8 heteroatoms. The zero-order chi connectivity index (χ0) is 30.5. The number of hydrogen-bond donors (Lipinski definition) is 1. The Morgan fingerprint density at radius 1 is 0.425 bits per heavy atom. The number of quaternary nitrogens is 2. The molecular formula is C32H73BrN2O4S. The number of halogens is 1. The highest BCUT2D eigenvalue weighted by Gasteiger charge is 2.25. The van der Waals surface area contributed by atoms with Gasteiger partial charge in [0.2, 0.25) is 10.4 Å². The average Bonchev–Trinajstić information content (AvgIpc) is 2.91. The molecule has 0 aliphatic heterocycles. The molecule has 40 heavy (non-hydrogen) atoms. The molecule has 0 radical (unpaired) electrons. The fraction of sp³-hybridized carbons (Fsp3) is 1.00. The first-order valence-electron chi connectivity index (χ1n) is 16.9. The number of unbranched alkanes of at least 4 members (excludes halogenated alkanes) is 8. The van der Waals surface area contributed by atoms with Gasteiger partial charge in [0.15, 0.2) is 0 Å². The zero-order valence-electron chi connectivity index (χ0n) is 28.3. The second kappa shape index (κ2) is 32.2. The Hall–Kier alpha value is 0.270. The summed E-state index contributed by atoms with van der Waals surface area (Å²) in [7, 11) is -4.92. The van der Waals surface area contributed by atoms with Crippen LogP contribution in [0.2, 0.25) is 0 Å². The summed E-state index contributed by atoms with van der Waals surface area (Å²) in [6.45, 7) is 30.0. The maximum Gasteiger partial charge on any atom is 0.215 e. The first kappa shape index (κ1) is 47.2. The first-order chi connectivity index (χ1) is 18.5. The van der Waals surface area contributed by atoms with Crippen LogP contribution in [0, 0.1) is 0 Å². The van der Waals surface area contributed by atoms with Crippen LogP contribution < -0.4 is 17.0 Å². The second-order valence-corrected chi connectivity index (χ2v) is 12.6. The van der Waals surface area contributed by atoms with Crippen molar-refractivity contribution in [2.24, 2.45) is 0 Å². The molecule has 0 unspecified atom stereocenters. The summed E-state index contributed by atoms with van der Waals surface area (Å²) in [4.78, 5) is 0. The third-order valence-electron chi connectivity index (χ3n) is 7.89. The summed E-state index contributed by atoms with van der Waals surface area (Å²) in [6.07, 6.45) is 22.1. The molecule has 0 fully saturated rings. The molecule has 0 rings (SSSR count). The molecule has 0 atom stereocenters. The topological polar surface area (TPSA) is 77.4 Å². The second-order valence-electron chi connectivity index (χ2n) is 11.7. The van der Waals surface area contributed by atoms with Crippen LogP contribution in [0.1, 0.15) is 158 Å². The van der Waals surface area contributed by atoms with Gasteiger partial charge in [0.1, 0.15) is 0 Å². The molecule has 6 nitrogen and oxygen atoms in total. The van der Waals surface area contributed by atoms with Gasteiger partial charge in [0.25, 0.3) is 0 Å². The van der Waals surface area contributed by atoms with Gasteiger partial charge in [0.05, 0.1) is 52.4 Å². The maximum absolute atomic E-state index is 8.63. The molecule has 0 saturated carbocycles. The lowest BCUT2D eigenvalue weighted by Crippen LogP contribution is -3.00. The van der Waals surface area contributed by atoms with Gasteiger partial charge in [-0.15, -0.1) is 0 Å². The van der Waals surface area contributed by atoms with Crippen molar-refractivity contribution < 1.29 is 43.5 Å². The molecule has 0 aromatic heterocycles. The Morgan fingerprint density at radius 2 is 0.525 bits per heavy atom. The van der Waals surface area contributed by atoms with Crippen molar-refractivity contribution >= 4 is 10.4 Å². The van der Waals surface area contributed by atoms with Gasteiger partial charge in [-0.1, -0.05) is 107 Å². The van der Waals surface area contributed by atoms with Gasteiger partial charge in [-0.25, -0.2) is 8.42 Å². The highest BCUT2D eigenvalue weighted by atomic mass is 79.9. The fourth-order valence-corrected chi connectivity index (χ4v) is 5.29. The smallest absolute Gasteiger partial charge is 0.215 e. The zero-order valence-corrected chi connectivity index (χ0v) is 30.7. The van der Waals surface area contributed by atoms with E-state index in [2.05, 4.69) is 55.4 Å². The summed E-state index contributed by atoms with van der Waals surface area (Å²) in [5.41, 5.74) is 0. The summed E-state index contributed by atoms with van der Waals surface area (Å²) in [5, 5.41) is 0. The largest absolute Gasteiger partial charge is 1.00 e. The third kappa shape index (κ3) is 32.8. The molecular weight excluding hydrogens is 588 g/mol. The summed E-state index contributed by atoms with van der Waals surface area (Å²) < 4.78 is 35.7. The normalized spacial score (nSPS) is 11.7. The van der Waals surface area contributed by atoms with E-state index in [-0.39, 0.29) is 17.0 Å². The van der Waals surface area contributed by atoms with Crippen LogP contribution in [-0.4, -0.2) is 78.8 Å². The fourth-order valence-electron chi connectivity index (χ4n) is 5.29. The van der Waals surface area contributed by atoms with Crippen LogP contribution in [0.4, 0.5) is 0 Å². The molecule has 248 valence electrons. The van der Waals surface area contributed by atoms with E-state index < -0.39 is 10.4 Å². The van der Waals surface area contributed by atoms with E-state index in [9.17, 15) is 0 Å². The minimum atomic E-state index is -4.92. The molecule has 0 spiro atoms. The Kier molecular flexibility index (Phi) is 38.0. The van der Waals surface area contributed by atoms with Gasteiger partial charge in [-0.3, -0.25) is 4.55 Å². The predicted molar refractivity (Wildman–Crippen MR) is 171 cm³/mol. The Labute approximate surface area is 263 Å². The van der Waals surface area contributed by atoms with Crippen LogP contribution in [0.3, 0.4) is 0 Å². The Bertz CT molecular complexity index is 472. The van der Waals surface area contributed by atoms with E-state index in [1.807, 2.05) is 0 Å². The molecule has 0 aliphatic rings. The van der Waals surface area contributed by atoms with E-state index in [0.29, 0.717) is 0 Å². The van der Waals surface area contributed by atoms with Gasteiger partial charge in [-0.2, -0.15) is 0 Å². The van der Waals surface area contributed by atoms with Crippen LogP contribution in [0.15, 0.2) is 0 Å². The van der Waals surface area contributed by atoms with Crippen LogP contribution >= 0.6 is 0 Å². The average molecular weight is 662 g/mol. The van der Waals surface area contributed by atoms with Crippen molar-refractivity contribution in [1.82, 2.24) is 0 Å². The SMILES string of the molecule is CCCC[N+](CCCC)(CCCC)CCCC.CCCC[N+](CCCC)(CCCC)CCCC.O=S(=O)([O-])O.[Br-]. The molecule has 0 bridgehead atoms. The molecule has 0 aromatic rings. The van der Waals surface area contributed by atoms with Crippen molar-refractivity contribution in [3.05, 3.63) is 0 Å². The monoisotopic (exact) mass is 660 g/mol. The standard InChI is InChI=1S/2C16H36N.BrH.H2O4S/c2*1-5-9-13-17(14-10-6-2,15-11-7-3)16-12-8-4;;1-5(2,3)4/h2*5-16H2,1-4H3;1H;(H2,1,2,3,4)/q2*+1;;/p-2. The minimum Gasteiger partial charge on any atom is -1.00 e. The van der Waals surface area contributed by atoms with Gasteiger partial charge in [-0.05, 0) is 51.4 Å². The van der Waals surface area contributed by atoms with Gasteiger partial charge in [0, 0.05) is 0 Å². The highest BCUT2D eigenvalue weighted by Crippen LogP contribution is 2.17. The van der Waals surface area contributed by atoms with E-state index in [1.165, 1.54) is 164 Å². The van der Waals surface area contributed by atoms with Crippen LogP contribution in [-0.2, 0) is 10.4 Å². The third-order valence-corrected chi connectivity index (χ3v) is 7.89. The molecule has 1 N–H and O–H groups in total. The lowest BCUT2D eigenvalue weighted by atomic mass is 10.1. The summed E-state index contributed by atoms with van der Waals surface area (Å²) in [5.74, 6) is 0. The van der Waals surface area contributed by atoms with E-state index in [1.54, 1.807) is 0 Å². The first-order valence-corrected chi connectivity index (χ1v) is 18.2. The van der Waals surface area contributed by atoms with E-state index in [4.69, 9.17) is 17.5 Å². The highest BCUT2D eigenvalue weighted by molar-refractivity contribution is 7.79. The van der Waals surface area contributed by atoms with Crippen molar-refractivity contribution in [2.75, 3.05) is 52.4 Å². The summed E-state index contributed by atoms with van der Waals surface area (Å²) in [6, 6.07) is 0. The lowest BCUT2D eigenvalue weighted by Gasteiger charge is -2.39. The molecule has 0 aromatic carbocycles. The predicted octanol–water partition coefficient (Wildman–Crippen LogP) is 6.02. The number of rotatable bonds is 24. The molecule has 0 saturated heterocycles. The van der Waals surface area contributed by atoms with E-state index in [0.717, 1.165) is 0 Å². The van der Waals surface area contributed by atoms with Gasteiger partial charge < -0.3 is 30.5 Å². The molecule has 0 aliphatic carbocycles. The molecule has 0 heterocycles. The van der Waals surface area contributed by atoms with Crippen LogP contribution in [0.25, 0.3) is 0 Å². The van der Waals surface area contributed by atoms with Crippen LogP contribution in [0.5, 0.6) is 0 Å². The quantitative estimate of drug-likeness (QED) is 0.0781. The number of nitrogens with zero attached hydrogens (tertiary/aromatic N) is 2. The minimum absolute atomic E-state index is 0. The lowest BCUT2D eigenvalue weighted by molar-refractivity contribution is -0.929. The Morgan fingerprint density at radius 3 is 0.600 bits per heavy atom. The van der Waals surface area contributed by atoms with Crippen molar-refractivity contribution in [3.63, 3.8) is 0 Å². The Balaban J connectivity index is -0.000000271. The number of hydrogen-bond acceptors (Lipinski definition) is 3. The van der Waals surface area contributed by atoms with Crippen molar-refractivity contribution in [1.29, 1.82) is 0 Å². The summed E-state index contributed by atoms with van der Waals surface area (Å²) >= 11 is 0. The van der Waals surface area contributed by atoms with Crippen molar-refractivity contribution in [3.8, 4) is 0 Å². The van der Waals surface area contributed by atoms with E-state index >= 15 is 0 Å². The van der Waals surface area contributed by atoms with Crippen molar-refractivity contribution in [2.45, 2.75) is 158 Å². The van der Waals surface area contributed by atoms with Gasteiger partial charge >= 0.3 is 0 Å². The molecule has 0 amide bonds. The maximum atomic E-state index is 8.63.